The van der Waals surface area contributed by atoms with Gasteiger partial charge in [0.25, 0.3) is 11.8 Å². The third kappa shape index (κ3) is 2.29. The Labute approximate surface area is 120 Å². The van der Waals surface area contributed by atoms with E-state index in [0.717, 1.165) is 11.0 Å². The van der Waals surface area contributed by atoms with Crippen LogP contribution in [0.15, 0.2) is 18.2 Å². The lowest BCUT2D eigenvalue weighted by Crippen LogP contribution is -2.47. The molecule has 1 saturated heterocycles. The van der Waals surface area contributed by atoms with Crippen LogP contribution < -0.4 is 0 Å². The highest BCUT2D eigenvalue weighted by Gasteiger charge is 2.39. The molecular formula is C14H13FN2O4. The predicted octanol–water partition coefficient (Wildman–Crippen LogP) is 0.281. The zero-order valence-electron chi connectivity index (χ0n) is 11.2. The zero-order chi connectivity index (χ0) is 15.0. The summed E-state index contributed by atoms with van der Waals surface area (Å²) in [4.78, 5) is 38.7. The van der Waals surface area contributed by atoms with Crippen LogP contribution in [0.5, 0.6) is 0 Å². The minimum atomic E-state index is -0.755. The van der Waals surface area contributed by atoms with Gasteiger partial charge in [-0.05, 0) is 12.1 Å². The van der Waals surface area contributed by atoms with Crippen LogP contribution in [0, 0.1) is 5.82 Å². The first-order valence-electron chi connectivity index (χ1n) is 6.60. The molecule has 0 aliphatic carbocycles. The fourth-order valence-corrected chi connectivity index (χ4v) is 2.48. The number of halogens is 1. The van der Waals surface area contributed by atoms with Gasteiger partial charge in [0.05, 0.1) is 24.3 Å². The van der Waals surface area contributed by atoms with Crippen molar-refractivity contribution in [1.29, 1.82) is 0 Å². The molecule has 110 valence electrons. The molecule has 0 aromatic heterocycles. The first kappa shape index (κ1) is 13.7. The Bertz CT molecular complexity index is 625. The summed E-state index contributed by atoms with van der Waals surface area (Å²) in [6.07, 6.45) is 0. The molecule has 7 heteroatoms. The van der Waals surface area contributed by atoms with Crippen LogP contribution in [-0.2, 0) is 9.53 Å². The number of rotatable bonds is 2. The van der Waals surface area contributed by atoms with Crippen LogP contribution >= 0.6 is 0 Å². The first-order chi connectivity index (χ1) is 10.1. The maximum absolute atomic E-state index is 13.7. The van der Waals surface area contributed by atoms with Crippen molar-refractivity contribution in [2.45, 2.75) is 0 Å². The van der Waals surface area contributed by atoms with Crippen molar-refractivity contribution in [2.75, 3.05) is 32.8 Å². The van der Waals surface area contributed by atoms with E-state index in [2.05, 4.69) is 0 Å². The lowest BCUT2D eigenvalue weighted by atomic mass is 10.1. The molecule has 6 nitrogen and oxygen atoms in total. The minimum Gasteiger partial charge on any atom is -0.378 e. The van der Waals surface area contributed by atoms with Gasteiger partial charge in [-0.25, -0.2) is 4.39 Å². The van der Waals surface area contributed by atoms with Crippen molar-refractivity contribution in [2.24, 2.45) is 0 Å². The quantitative estimate of drug-likeness (QED) is 0.734. The summed E-state index contributed by atoms with van der Waals surface area (Å²) in [5, 5.41) is 0. The number of benzene rings is 1. The average molecular weight is 292 g/mol. The number of morpholine rings is 1. The van der Waals surface area contributed by atoms with Crippen molar-refractivity contribution in [3.63, 3.8) is 0 Å². The number of nitrogens with zero attached hydrogens (tertiary/aromatic N) is 2. The molecule has 2 aliphatic rings. The van der Waals surface area contributed by atoms with Crippen molar-refractivity contribution in [3.8, 4) is 0 Å². The van der Waals surface area contributed by atoms with E-state index >= 15 is 0 Å². The Morgan fingerprint density at radius 1 is 1.19 bits per heavy atom. The van der Waals surface area contributed by atoms with Gasteiger partial charge in [0.1, 0.15) is 12.4 Å². The van der Waals surface area contributed by atoms with E-state index in [1.165, 1.54) is 17.0 Å². The number of amides is 3. The fourth-order valence-electron chi connectivity index (χ4n) is 2.48. The molecule has 0 saturated carbocycles. The molecule has 2 aliphatic heterocycles. The molecular weight excluding hydrogens is 279 g/mol. The standard InChI is InChI=1S/C14H13FN2O4/c15-10-3-1-2-9-12(10)14(20)17(13(9)19)8-11(18)16-4-6-21-7-5-16/h1-3H,4-8H2. The van der Waals surface area contributed by atoms with Crippen molar-refractivity contribution in [1.82, 2.24) is 9.80 Å². The minimum absolute atomic E-state index is 0.00905. The van der Waals surface area contributed by atoms with Gasteiger partial charge in [0.15, 0.2) is 0 Å². The summed E-state index contributed by atoms with van der Waals surface area (Å²) in [6.45, 7) is 1.35. The summed E-state index contributed by atoms with van der Waals surface area (Å²) in [6, 6.07) is 3.88. The van der Waals surface area contributed by atoms with Crippen molar-refractivity contribution < 1.29 is 23.5 Å². The maximum Gasteiger partial charge on any atom is 0.265 e. The van der Waals surface area contributed by atoms with E-state index in [-0.39, 0.29) is 23.6 Å². The SMILES string of the molecule is O=C(CN1C(=O)c2cccc(F)c2C1=O)N1CCOCC1. The third-order valence-corrected chi connectivity index (χ3v) is 3.61. The number of imide groups is 1. The van der Waals surface area contributed by atoms with E-state index in [1.807, 2.05) is 0 Å². The molecule has 0 spiro atoms. The van der Waals surface area contributed by atoms with Crippen LogP contribution in [0.3, 0.4) is 0 Å². The van der Waals surface area contributed by atoms with Crippen LogP contribution in [-0.4, -0.2) is 60.4 Å². The lowest BCUT2D eigenvalue weighted by molar-refractivity contribution is -0.135. The molecule has 1 aromatic carbocycles. The third-order valence-electron chi connectivity index (χ3n) is 3.61. The second kappa shape index (κ2) is 5.25. The molecule has 0 radical (unpaired) electrons. The smallest absolute Gasteiger partial charge is 0.265 e. The number of carbonyl (C=O) groups is 3. The van der Waals surface area contributed by atoms with Crippen molar-refractivity contribution in [3.05, 3.63) is 35.1 Å². The number of hydrogen-bond acceptors (Lipinski definition) is 4. The highest BCUT2D eigenvalue weighted by molar-refractivity contribution is 6.22. The highest BCUT2D eigenvalue weighted by Crippen LogP contribution is 2.25. The summed E-state index contributed by atoms with van der Waals surface area (Å²) < 4.78 is 18.8. The second-order valence-corrected chi connectivity index (χ2v) is 4.85. The van der Waals surface area contributed by atoms with Gasteiger partial charge in [-0.3, -0.25) is 19.3 Å². The lowest BCUT2D eigenvalue weighted by Gasteiger charge is -2.28. The van der Waals surface area contributed by atoms with Gasteiger partial charge in [-0.15, -0.1) is 0 Å². The molecule has 21 heavy (non-hydrogen) atoms. The van der Waals surface area contributed by atoms with Gasteiger partial charge in [-0.2, -0.15) is 0 Å². The Kier molecular flexibility index (Phi) is 3.42. The highest BCUT2D eigenvalue weighted by atomic mass is 19.1. The molecule has 2 heterocycles. The van der Waals surface area contributed by atoms with Gasteiger partial charge in [0, 0.05) is 13.1 Å². The Hall–Kier alpha value is -2.28. The largest absolute Gasteiger partial charge is 0.378 e. The molecule has 0 N–H and O–H groups in total. The molecule has 3 amide bonds. The van der Waals surface area contributed by atoms with E-state index in [9.17, 15) is 18.8 Å². The number of fused-ring (bicyclic) bond motifs is 1. The van der Waals surface area contributed by atoms with E-state index in [4.69, 9.17) is 4.74 Å². The topological polar surface area (TPSA) is 66.9 Å². The monoisotopic (exact) mass is 292 g/mol. The zero-order valence-corrected chi connectivity index (χ0v) is 11.2. The summed E-state index contributed by atoms with van der Waals surface area (Å²) in [7, 11) is 0. The predicted molar refractivity (Wildman–Crippen MR) is 69.2 cm³/mol. The molecule has 0 atom stereocenters. The van der Waals surface area contributed by atoms with Crippen LogP contribution in [0.1, 0.15) is 20.7 Å². The number of hydrogen-bond donors (Lipinski definition) is 0. The van der Waals surface area contributed by atoms with Crippen molar-refractivity contribution >= 4 is 17.7 Å². The Morgan fingerprint density at radius 2 is 1.90 bits per heavy atom. The van der Waals surface area contributed by atoms with Gasteiger partial charge in [-0.1, -0.05) is 6.07 Å². The van der Waals surface area contributed by atoms with E-state index < -0.39 is 17.6 Å². The van der Waals surface area contributed by atoms with E-state index in [1.54, 1.807) is 0 Å². The molecule has 3 rings (SSSR count). The van der Waals surface area contributed by atoms with E-state index in [0.29, 0.717) is 26.3 Å². The van der Waals surface area contributed by atoms with Gasteiger partial charge >= 0.3 is 0 Å². The van der Waals surface area contributed by atoms with Crippen LogP contribution in [0.25, 0.3) is 0 Å². The summed E-state index contributed by atoms with van der Waals surface area (Å²) in [5.41, 5.74) is -0.243. The average Bonchev–Trinajstić information content (AvgIpc) is 2.74. The number of carbonyl (C=O) groups excluding carboxylic acids is 3. The van der Waals surface area contributed by atoms with Gasteiger partial charge < -0.3 is 9.64 Å². The molecule has 1 aromatic rings. The molecule has 0 bridgehead atoms. The molecule has 0 unspecified atom stereocenters. The maximum atomic E-state index is 13.7. The van der Waals surface area contributed by atoms with Crippen LogP contribution in [0.2, 0.25) is 0 Å². The van der Waals surface area contributed by atoms with Gasteiger partial charge in [0.2, 0.25) is 5.91 Å². The summed E-state index contributed by atoms with van der Waals surface area (Å²) in [5.74, 6) is -2.47. The number of ether oxygens (including phenoxy) is 1. The molecule has 1 fully saturated rings. The first-order valence-corrected chi connectivity index (χ1v) is 6.60. The fraction of sp³-hybridized carbons (Fsp3) is 0.357. The Morgan fingerprint density at radius 3 is 2.57 bits per heavy atom. The van der Waals surface area contributed by atoms with Crippen LogP contribution in [0.4, 0.5) is 4.39 Å². The summed E-state index contributed by atoms with van der Waals surface area (Å²) >= 11 is 0. The second-order valence-electron chi connectivity index (χ2n) is 4.85. The normalized spacial score (nSPS) is 18.1. The Balaban J connectivity index is 1.79.